The summed E-state index contributed by atoms with van der Waals surface area (Å²) in [7, 11) is 0. The van der Waals surface area contributed by atoms with Gasteiger partial charge in [0.2, 0.25) is 5.91 Å². The van der Waals surface area contributed by atoms with E-state index >= 15 is 0 Å². The Morgan fingerprint density at radius 2 is 1.11 bits per heavy atom. The Balaban J connectivity index is 3.80. The minimum Gasteiger partial charge on any atom is -0.369 e. The summed E-state index contributed by atoms with van der Waals surface area (Å²) in [5.41, 5.74) is 5.54. The summed E-state index contributed by atoms with van der Waals surface area (Å²) in [5.74, 6) is -1.12. The zero-order chi connectivity index (χ0) is 21.2. The van der Waals surface area contributed by atoms with Crippen molar-refractivity contribution in [2.24, 2.45) is 11.7 Å². The van der Waals surface area contributed by atoms with Crippen molar-refractivity contribution in [3.05, 3.63) is 0 Å². The lowest BCUT2D eigenvalue weighted by Gasteiger charge is -2.30. The first-order valence-corrected chi connectivity index (χ1v) is 12.1. The number of hydrogen-bond donors (Lipinski definition) is 1. The monoisotopic (exact) mass is 396 g/mol. The number of Topliss-reactive ketones (excluding diaryl/α,β-unsaturated/α-hetero) is 1. The molecule has 1 amide bonds. The molecule has 2 unspecified atom stereocenters. The molecule has 0 heterocycles. The molecule has 4 nitrogen and oxygen atoms in total. The van der Waals surface area contributed by atoms with E-state index in [4.69, 9.17) is 5.73 Å². The molecule has 0 saturated heterocycles. The molecule has 0 aliphatic carbocycles. The minimum atomic E-state index is -0.669. The molecule has 0 saturated carbocycles. The van der Waals surface area contributed by atoms with Crippen LogP contribution in [0.1, 0.15) is 118 Å². The van der Waals surface area contributed by atoms with Crippen LogP contribution in [0.25, 0.3) is 0 Å². The van der Waals surface area contributed by atoms with E-state index in [0.29, 0.717) is 6.42 Å². The maximum Gasteiger partial charge on any atom is 0.229 e. The maximum atomic E-state index is 12.5. The molecular weight excluding hydrogens is 348 g/mol. The number of carbonyl (C=O) groups is 2. The maximum absolute atomic E-state index is 12.5. The summed E-state index contributed by atoms with van der Waals surface area (Å²) in [6, 6.07) is -0.109. The SMILES string of the molecule is CCCCCCCCCCCCCCCC(=O)C(C(N)=O)C(C)N(CC)CC. The first kappa shape index (κ1) is 27.1. The standard InChI is InChI=1S/C24H48N2O2/c1-5-8-9-10-11-12-13-14-15-16-17-18-19-20-22(27)23(24(25)28)21(4)26(6-2)7-3/h21,23H,5-20H2,1-4H3,(H2,25,28). The van der Waals surface area contributed by atoms with Crippen LogP contribution in [0.2, 0.25) is 0 Å². The smallest absolute Gasteiger partial charge is 0.229 e. The van der Waals surface area contributed by atoms with Crippen molar-refractivity contribution in [1.29, 1.82) is 0 Å². The lowest BCUT2D eigenvalue weighted by molar-refractivity contribution is -0.135. The predicted octanol–water partition coefficient (Wildman–Crippen LogP) is 5.87. The topological polar surface area (TPSA) is 63.4 Å². The summed E-state index contributed by atoms with van der Waals surface area (Å²) in [6.07, 6.45) is 17.2. The van der Waals surface area contributed by atoms with E-state index in [-0.39, 0.29) is 11.8 Å². The zero-order valence-corrected chi connectivity index (χ0v) is 19.3. The van der Waals surface area contributed by atoms with Crippen LogP contribution in [-0.4, -0.2) is 35.7 Å². The Labute approximate surface area is 175 Å². The number of nitrogens with zero attached hydrogens (tertiary/aromatic N) is 1. The third-order valence-electron chi connectivity index (χ3n) is 6.05. The second-order valence-corrected chi connectivity index (χ2v) is 8.30. The number of amides is 1. The fourth-order valence-electron chi connectivity index (χ4n) is 4.15. The van der Waals surface area contributed by atoms with Crippen LogP contribution >= 0.6 is 0 Å². The first-order chi connectivity index (χ1) is 13.5. The van der Waals surface area contributed by atoms with Crippen molar-refractivity contribution < 1.29 is 9.59 Å². The average molecular weight is 397 g/mol. The number of hydrogen-bond acceptors (Lipinski definition) is 3. The fourth-order valence-corrected chi connectivity index (χ4v) is 4.15. The molecule has 166 valence electrons. The van der Waals surface area contributed by atoms with Gasteiger partial charge < -0.3 is 5.73 Å². The predicted molar refractivity (Wildman–Crippen MR) is 120 cm³/mol. The van der Waals surface area contributed by atoms with E-state index in [1.807, 2.05) is 6.92 Å². The molecule has 0 spiro atoms. The van der Waals surface area contributed by atoms with Gasteiger partial charge in [0, 0.05) is 12.5 Å². The van der Waals surface area contributed by atoms with Gasteiger partial charge in [0.1, 0.15) is 11.7 Å². The Hall–Kier alpha value is -0.900. The molecule has 2 N–H and O–H groups in total. The molecule has 0 bridgehead atoms. The van der Waals surface area contributed by atoms with Crippen molar-refractivity contribution in [3.63, 3.8) is 0 Å². The van der Waals surface area contributed by atoms with E-state index in [1.165, 1.54) is 70.6 Å². The van der Waals surface area contributed by atoms with E-state index in [1.54, 1.807) is 0 Å². The number of unbranched alkanes of at least 4 members (excludes halogenated alkanes) is 12. The summed E-state index contributed by atoms with van der Waals surface area (Å²) in [6.45, 7) is 9.97. The van der Waals surface area contributed by atoms with Gasteiger partial charge in [0.25, 0.3) is 0 Å². The largest absolute Gasteiger partial charge is 0.369 e. The first-order valence-electron chi connectivity index (χ1n) is 12.1. The molecule has 0 aliphatic rings. The van der Waals surface area contributed by atoms with Crippen molar-refractivity contribution in [3.8, 4) is 0 Å². The lowest BCUT2D eigenvalue weighted by atomic mass is 9.91. The van der Waals surface area contributed by atoms with E-state index < -0.39 is 11.8 Å². The number of rotatable bonds is 20. The molecule has 0 aromatic rings. The van der Waals surface area contributed by atoms with Gasteiger partial charge in [-0.3, -0.25) is 14.5 Å². The number of nitrogens with two attached hydrogens (primary N) is 1. The van der Waals surface area contributed by atoms with Gasteiger partial charge in [-0.15, -0.1) is 0 Å². The third kappa shape index (κ3) is 12.5. The molecule has 0 aromatic heterocycles. The third-order valence-corrected chi connectivity index (χ3v) is 6.05. The molecule has 0 fully saturated rings. The molecule has 28 heavy (non-hydrogen) atoms. The van der Waals surface area contributed by atoms with Crippen molar-refractivity contribution in [1.82, 2.24) is 4.90 Å². The van der Waals surface area contributed by atoms with Gasteiger partial charge in [-0.05, 0) is 26.4 Å². The fraction of sp³-hybridized carbons (Fsp3) is 0.917. The minimum absolute atomic E-state index is 0.0231. The Morgan fingerprint density at radius 1 is 0.714 bits per heavy atom. The second kappa shape index (κ2) is 18.1. The highest BCUT2D eigenvalue weighted by molar-refractivity contribution is 6.01. The lowest BCUT2D eigenvalue weighted by Crippen LogP contribution is -2.47. The van der Waals surface area contributed by atoms with Crippen molar-refractivity contribution >= 4 is 11.7 Å². The Kier molecular flexibility index (Phi) is 17.6. The zero-order valence-electron chi connectivity index (χ0n) is 19.3. The molecule has 0 aliphatic heterocycles. The highest BCUT2D eigenvalue weighted by Crippen LogP contribution is 2.17. The number of carbonyl (C=O) groups excluding carboxylic acids is 2. The van der Waals surface area contributed by atoms with E-state index in [2.05, 4.69) is 25.7 Å². The average Bonchev–Trinajstić information content (AvgIpc) is 2.66. The van der Waals surface area contributed by atoms with Crippen LogP contribution in [0.5, 0.6) is 0 Å². The summed E-state index contributed by atoms with van der Waals surface area (Å²) in [5, 5.41) is 0. The van der Waals surface area contributed by atoms with Crippen molar-refractivity contribution in [2.75, 3.05) is 13.1 Å². The van der Waals surface area contributed by atoms with E-state index in [9.17, 15) is 9.59 Å². The van der Waals surface area contributed by atoms with Crippen LogP contribution in [-0.2, 0) is 9.59 Å². The van der Waals surface area contributed by atoms with Gasteiger partial charge in [-0.2, -0.15) is 0 Å². The summed E-state index contributed by atoms with van der Waals surface area (Å²) >= 11 is 0. The van der Waals surface area contributed by atoms with Crippen LogP contribution < -0.4 is 5.73 Å². The van der Waals surface area contributed by atoms with Gasteiger partial charge >= 0.3 is 0 Å². The number of primary amides is 1. The molecule has 2 atom stereocenters. The highest BCUT2D eigenvalue weighted by Gasteiger charge is 2.32. The summed E-state index contributed by atoms with van der Waals surface area (Å²) < 4.78 is 0. The van der Waals surface area contributed by atoms with Gasteiger partial charge in [-0.1, -0.05) is 97.8 Å². The molecule has 0 rings (SSSR count). The highest BCUT2D eigenvalue weighted by atomic mass is 16.2. The van der Waals surface area contributed by atoms with Crippen LogP contribution in [0.15, 0.2) is 0 Å². The molecule has 0 aromatic carbocycles. The Bertz CT molecular complexity index is 394. The summed E-state index contributed by atoms with van der Waals surface area (Å²) in [4.78, 5) is 26.5. The van der Waals surface area contributed by atoms with Crippen LogP contribution in [0, 0.1) is 5.92 Å². The van der Waals surface area contributed by atoms with Crippen LogP contribution in [0.4, 0.5) is 0 Å². The quantitative estimate of drug-likeness (QED) is 0.207. The van der Waals surface area contributed by atoms with Gasteiger partial charge in [0.15, 0.2) is 0 Å². The van der Waals surface area contributed by atoms with E-state index in [0.717, 1.165) is 25.9 Å². The second-order valence-electron chi connectivity index (χ2n) is 8.30. The van der Waals surface area contributed by atoms with Crippen LogP contribution in [0.3, 0.4) is 0 Å². The Morgan fingerprint density at radius 3 is 1.46 bits per heavy atom. The molecule has 0 radical (unpaired) electrons. The van der Waals surface area contributed by atoms with Gasteiger partial charge in [0.05, 0.1) is 0 Å². The van der Waals surface area contributed by atoms with Crippen molar-refractivity contribution in [2.45, 2.75) is 124 Å². The number of ketones is 1. The normalized spacial score (nSPS) is 13.6. The van der Waals surface area contributed by atoms with Gasteiger partial charge in [-0.25, -0.2) is 0 Å². The molecule has 4 heteroatoms. The molecular formula is C24H48N2O2.